The van der Waals surface area contributed by atoms with Crippen molar-refractivity contribution in [3.63, 3.8) is 0 Å². The molecule has 0 atom stereocenters. The number of carbonyl (C=O) groups excluding carboxylic acids is 1. The van der Waals surface area contributed by atoms with Gasteiger partial charge >= 0.3 is 6.18 Å². The predicted octanol–water partition coefficient (Wildman–Crippen LogP) is 3.19. The zero-order valence-electron chi connectivity index (χ0n) is 18.1. The number of benzene rings is 1. The maximum Gasteiger partial charge on any atom is 0.417 e. The Bertz CT molecular complexity index is 1090. The van der Waals surface area contributed by atoms with Crippen LogP contribution in [0.5, 0.6) is 5.75 Å². The minimum Gasteiger partial charge on any atom is -0.495 e. The Labute approximate surface area is 190 Å². The summed E-state index contributed by atoms with van der Waals surface area (Å²) >= 11 is 0. The molecule has 0 radical (unpaired) electrons. The maximum atomic E-state index is 13.3. The molecule has 3 rings (SSSR count). The lowest BCUT2D eigenvalue weighted by Crippen LogP contribution is -2.35. The number of alkyl halides is 3. The Morgan fingerprint density at radius 2 is 1.85 bits per heavy atom. The van der Waals surface area contributed by atoms with Gasteiger partial charge in [-0.05, 0) is 43.2 Å². The van der Waals surface area contributed by atoms with Crippen molar-refractivity contribution in [1.29, 1.82) is 0 Å². The first-order valence-corrected chi connectivity index (χ1v) is 11.6. The van der Waals surface area contributed by atoms with Crippen LogP contribution in [0.3, 0.4) is 0 Å². The second kappa shape index (κ2) is 10.1. The lowest BCUT2D eigenvalue weighted by molar-refractivity contribution is -0.137. The first-order chi connectivity index (χ1) is 15.6. The van der Waals surface area contributed by atoms with Crippen LogP contribution in [-0.2, 0) is 20.9 Å². The Hall–Kier alpha value is -2.70. The molecule has 8 nitrogen and oxygen atoms in total. The number of hydrogen-bond donors (Lipinski definition) is 0. The van der Waals surface area contributed by atoms with Crippen LogP contribution < -0.4 is 9.64 Å². The molecule has 1 aliphatic heterocycles. The normalized spacial score (nSPS) is 14.9. The second-order valence-corrected chi connectivity index (χ2v) is 9.24. The highest BCUT2D eigenvalue weighted by atomic mass is 32.2. The monoisotopic (exact) mass is 487 g/mol. The highest BCUT2D eigenvalue weighted by Crippen LogP contribution is 2.32. The standard InChI is InChI=1S/C21H24F3N3O5S/c1-31-12-11-27(19-8-6-16(14-25-19)21(22,23)24)20(28)15-5-7-17(32-2)18(13-15)33(29,30)26-9-3-4-10-26/h5-8,13-14H,3-4,9-12H2,1-2H3. The molecule has 0 N–H and O–H groups in total. The zero-order chi connectivity index (χ0) is 24.2. The largest absolute Gasteiger partial charge is 0.495 e. The Kier molecular flexibility index (Phi) is 7.60. The molecule has 0 unspecified atom stereocenters. The molecule has 12 heteroatoms. The lowest BCUT2D eigenvalue weighted by Gasteiger charge is -2.23. The van der Waals surface area contributed by atoms with Crippen molar-refractivity contribution in [3.05, 3.63) is 47.7 Å². The summed E-state index contributed by atoms with van der Waals surface area (Å²) in [4.78, 5) is 18.1. The molecule has 1 aromatic carbocycles. The van der Waals surface area contributed by atoms with Gasteiger partial charge in [-0.2, -0.15) is 17.5 Å². The van der Waals surface area contributed by atoms with E-state index in [2.05, 4.69) is 4.98 Å². The van der Waals surface area contributed by atoms with E-state index in [1.165, 1.54) is 36.7 Å². The average Bonchev–Trinajstić information content (AvgIpc) is 3.34. The summed E-state index contributed by atoms with van der Waals surface area (Å²) in [7, 11) is -1.15. The fourth-order valence-electron chi connectivity index (χ4n) is 3.45. The molecule has 33 heavy (non-hydrogen) atoms. The van der Waals surface area contributed by atoms with E-state index < -0.39 is 27.7 Å². The topological polar surface area (TPSA) is 89.0 Å². The van der Waals surface area contributed by atoms with E-state index >= 15 is 0 Å². The Morgan fingerprint density at radius 1 is 1.15 bits per heavy atom. The smallest absolute Gasteiger partial charge is 0.417 e. The van der Waals surface area contributed by atoms with Gasteiger partial charge in [-0.3, -0.25) is 9.69 Å². The quantitative estimate of drug-likeness (QED) is 0.568. The number of ether oxygens (including phenoxy) is 2. The van der Waals surface area contributed by atoms with E-state index in [4.69, 9.17) is 9.47 Å². The first kappa shape index (κ1) is 24.9. The number of hydrogen-bond acceptors (Lipinski definition) is 6. The first-order valence-electron chi connectivity index (χ1n) is 10.1. The lowest BCUT2D eigenvalue weighted by atomic mass is 10.2. The molecule has 1 aromatic heterocycles. The van der Waals surface area contributed by atoms with Crippen molar-refractivity contribution < 1.29 is 35.9 Å². The van der Waals surface area contributed by atoms with E-state index in [1.807, 2.05) is 0 Å². The molecule has 1 amide bonds. The summed E-state index contributed by atoms with van der Waals surface area (Å²) in [6.45, 7) is 0.829. The molecule has 1 fully saturated rings. The number of anilines is 1. The number of carbonyl (C=O) groups is 1. The van der Waals surface area contributed by atoms with Crippen molar-refractivity contribution >= 4 is 21.7 Å². The second-order valence-electron chi connectivity index (χ2n) is 7.33. The van der Waals surface area contributed by atoms with Crippen LogP contribution in [-0.4, -0.2) is 64.1 Å². The molecule has 0 spiro atoms. The zero-order valence-corrected chi connectivity index (χ0v) is 18.9. The van der Waals surface area contributed by atoms with Crippen molar-refractivity contribution in [3.8, 4) is 5.75 Å². The Balaban J connectivity index is 1.99. The van der Waals surface area contributed by atoms with E-state index in [1.54, 1.807) is 0 Å². The van der Waals surface area contributed by atoms with E-state index in [0.717, 1.165) is 29.9 Å². The highest BCUT2D eigenvalue weighted by Gasteiger charge is 2.33. The third kappa shape index (κ3) is 5.45. The summed E-state index contributed by atoms with van der Waals surface area (Å²) < 4.78 is 76.5. The molecule has 0 bridgehead atoms. The summed E-state index contributed by atoms with van der Waals surface area (Å²) in [5.74, 6) is -0.570. The minimum absolute atomic E-state index is 0.00602. The Morgan fingerprint density at radius 3 is 2.39 bits per heavy atom. The van der Waals surface area contributed by atoms with Gasteiger partial charge in [0.05, 0.1) is 25.8 Å². The van der Waals surface area contributed by atoms with Crippen LogP contribution >= 0.6 is 0 Å². The molecule has 0 saturated carbocycles. The summed E-state index contributed by atoms with van der Waals surface area (Å²) in [5, 5.41) is 0. The number of halogens is 3. The fourth-order valence-corrected chi connectivity index (χ4v) is 5.15. The van der Waals surface area contributed by atoms with Gasteiger partial charge in [-0.1, -0.05) is 0 Å². The predicted molar refractivity (Wildman–Crippen MR) is 114 cm³/mol. The van der Waals surface area contributed by atoms with Gasteiger partial charge in [0.1, 0.15) is 16.5 Å². The van der Waals surface area contributed by atoms with E-state index in [9.17, 15) is 26.4 Å². The number of pyridine rings is 1. The van der Waals surface area contributed by atoms with Gasteiger partial charge in [-0.15, -0.1) is 0 Å². The van der Waals surface area contributed by atoms with Gasteiger partial charge in [-0.25, -0.2) is 13.4 Å². The van der Waals surface area contributed by atoms with Gasteiger partial charge in [0.25, 0.3) is 5.91 Å². The van der Waals surface area contributed by atoms with Crippen LogP contribution in [0.2, 0.25) is 0 Å². The molecule has 1 aliphatic rings. The number of methoxy groups -OCH3 is 2. The van der Waals surface area contributed by atoms with Gasteiger partial charge in [0, 0.05) is 32.0 Å². The molecule has 2 aromatic rings. The number of sulfonamides is 1. The summed E-state index contributed by atoms with van der Waals surface area (Å²) in [6, 6.07) is 5.91. The van der Waals surface area contributed by atoms with Crippen LogP contribution in [0, 0.1) is 0 Å². The molecule has 2 heterocycles. The third-order valence-corrected chi connectivity index (χ3v) is 7.13. The van der Waals surface area contributed by atoms with Crippen molar-refractivity contribution in [2.75, 3.05) is 45.4 Å². The van der Waals surface area contributed by atoms with Crippen LogP contribution in [0.1, 0.15) is 28.8 Å². The van der Waals surface area contributed by atoms with Crippen LogP contribution in [0.4, 0.5) is 19.0 Å². The number of aromatic nitrogens is 1. The molecular formula is C21H24F3N3O5S. The highest BCUT2D eigenvalue weighted by molar-refractivity contribution is 7.89. The van der Waals surface area contributed by atoms with Gasteiger partial charge in [0.2, 0.25) is 10.0 Å². The van der Waals surface area contributed by atoms with Gasteiger partial charge in [0.15, 0.2) is 0 Å². The van der Waals surface area contributed by atoms with Crippen molar-refractivity contribution in [2.45, 2.75) is 23.9 Å². The summed E-state index contributed by atoms with van der Waals surface area (Å²) in [5.41, 5.74) is -0.930. The maximum absolute atomic E-state index is 13.3. The van der Waals surface area contributed by atoms with Crippen LogP contribution in [0.15, 0.2) is 41.4 Å². The van der Waals surface area contributed by atoms with Crippen molar-refractivity contribution in [2.24, 2.45) is 0 Å². The van der Waals surface area contributed by atoms with Crippen molar-refractivity contribution in [1.82, 2.24) is 9.29 Å². The average molecular weight is 488 g/mol. The fraction of sp³-hybridized carbons (Fsp3) is 0.429. The summed E-state index contributed by atoms with van der Waals surface area (Å²) in [6.07, 6.45) is -2.45. The van der Waals surface area contributed by atoms with E-state index in [0.29, 0.717) is 19.3 Å². The molecule has 180 valence electrons. The minimum atomic E-state index is -4.57. The molecular weight excluding hydrogens is 463 g/mol. The number of rotatable bonds is 8. The molecule has 0 aliphatic carbocycles. The number of amides is 1. The SMILES string of the molecule is COCCN(C(=O)c1ccc(OC)c(S(=O)(=O)N2CCCC2)c1)c1ccc(C(F)(F)F)cn1. The third-order valence-electron chi connectivity index (χ3n) is 5.21. The molecule has 1 saturated heterocycles. The van der Waals surface area contributed by atoms with Gasteiger partial charge < -0.3 is 9.47 Å². The van der Waals surface area contributed by atoms with Crippen LogP contribution in [0.25, 0.3) is 0 Å². The van der Waals surface area contributed by atoms with E-state index in [-0.39, 0.29) is 35.2 Å². The number of nitrogens with zero attached hydrogens (tertiary/aromatic N) is 3.